The molecule has 2 bridgehead atoms. The highest BCUT2D eigenvalue weighted by Crippen LogP contribution is 2.50. The van der Waals surface area contributed by atoms with Crippen molar-refractivity contribution in [2.24, 2.45) is 0 Å². The highest BCUT2D eigenvalue weighted by molar-refractivity contribution is 5.98. The van der Waals surface area contributed by atoms with Gasteiger partial charge in [0.1, 0.15) is 58.5 Å². The van der Waals surface area contributed by atoms with Crippen LogP contribution in [0.2, 0.25) is 0 Å². The van der Waals surface area contributed by atoms with Crippen molar-refractivity contribution in [1.29, 1.82) is 5.26 Å². The predicted octanol–water partition coefficient (Wildman–Crippen LogP) is 6.27. The summed E-state index contributed by atoms with van der Waals surface area (Å²) in [5.41, 5.74) is -4.00. The fourth-order valence-corrected chi connectivity index (χ4v) is 9.22. The smallest absolute Gasteiger partial charge is 0.420 e. The van der Waals surface area contributed by atoms with Gasteiger partial charge >= 0.3 is 18.3 Å². The maximum atomic E-state index is 17.1. The molecule has 0 unspecified atom stereocenters. The number of anilines is 2. The largest absolute Gasteiger partial charge is 0.472 e. The number of nitrogen functional groups attached to an aromatic ring is 1. The van der Waals surface area contributed by atoms with Gasteiger partial charge in [0.15, 0.2) is 17.5 Å². The molecule has 5 aliphatic heterocycles. The monoisotopic (exact) mass is 778 g/mol. The maximum Gasteiger partial charge on any atom is 0.420 e. The van der Waals surface area contributed by atoms with Crippen LogP contribution in [0.4, 0.5) is 47.0 Å². The van der Waals surface area contributed by atoms with Crippen LogP contribution in [-0.2, 0) is 10.9 Å². The van der Waals surface area contributed by atoms with Crippen molar-refractivity contribution in [1.82, 2.24) is 24.8 Å². The van der Waals surface area contributed by atoms with Crippen LogP contribution >= 0.6 is 0 Å². The number of aromatic nitrogens is 3. The SMILES string of the molecule is C[C@@H]1Oc2nc(-c3c(C#N)c(N)c(F)c(F)c3C(F)(F)F)c(F)c3nc(OC[C@@]45CCCN4C[C@H](F)C5)nc(c23)N2C[C@H]3CC[C@@H]([C@@H]12)N3C(=O)OC(C)(C)C. The molecule has 6 atom stereocenters. The van der Waals surface area contributed by atoms with Gasteiger partial charge in [0, 0.05) is 25.1 Å². The quantitative estimate of drug-likeness (QED) is 0.237. The molecule has 2 N–H and O–H groups in total. The average Bonchev–Trinajstić information content (AvgIpc) is 3.70. The molecule has 1 amide bonds. The number of carbonyl (C=O) groups excluding carboxylic acids is 1. The van der Waals surface area contributed by atoms with Gasteiger partial charge in [-0.3, -0.25) is 9.80 Å². The molecule has 7 heterocycles. The Morgan fingerprint density at radius 2 is 1.84 bits per heavy atom. The van der Waals surface area contributed by atoms with E-state index >= 15 is 8.78 Å². The highest BCUT2D eigenvalue weighted by Gasteiger charge is 2.55. The van der Waals surface area contributed by atoms with Gasteiger partial charge in [0.2, 0.25) is 5.88 Å². The number of hydrogen-bond donors (Lipinski definition) is 1. The van der Waals surface area contributed by atoms with Crippen LogP contribution < -0.4 is 20.1 Å². The third-order valence-electron chi connectivity index (χ3n) is 11.4. The lowest BCUT2D eigenvalue weighted by Crippen LogP contribution is -2.65. The van der Waals surface area contributed by atoms with E-state index < -0.39 is 111 Å². The molecule has 0 radical (unpaired) electrons. The van der Waals surface area contributed by atoms with E-state index in [1.807, 2.05) is 9.80 Å². The lowest BCUT2D eigenvalue weighted by Gasteiger charge is -2.48. The summed E-state index contributed by atoms with van der Waals surface area (Å²) in [4.78, 5) is 32.1. The molecule has 4 fully saturated rings. The molecule has 3 aromatic rings. The number of hydrogen-bond acceptors (Lipinski definition) is 11. The van der Waals surface area contributed by atoms with Gasteiger partial charge in [-0.15, -0.1) is 0 Å². The summed E-state index contributed by atoms with van der Waals surface area (Å²) in [7, 11) is 0. The van der Waals surface area contributed by atoms with E-state index in [1.54, 1.807) is 32.6 Å². The number of alkyl halides is 4. The summed E-state index contributed by atoms with van der Waals surface area (Å²) in [5, 5.41) is 9.73. The summed E-state index contributed by atoms with van der Waals surface area (Å²) < 4.78 is 123. The molecular weight excluding hydrogens is 741 g/mol. The Morgan fingerprint density at radius 3 is 2.53 bits per heavy atom. The van der Waals surface area contributed by atoms with E-state index in [0.29, 0.717) is 25.8 Å². The maximum absolute atomic E-state index is 17.1. The second kappa shape index (κ2) is 12.6. The van der Waals surface area contributed by atoms with Crippen molar-refractivity contribution < 1.29 is 49.7 Å². The third-order valence-corrected chi connectivity index (χ3v) is 11.4. The van der Waals surface area contributed by atoms with Gasteiger partial charge in [-0.1, -0.05) is 0 Å². The molecule has 55 heavy (non-hydrogen) atoms. The zero-order chi connectivity index (χ0) is 39.5. The van der Waals surface area contributed by atoms with Crippen molar-refractivity contribution in [3.63, 3.8) is 0 Å². The van der Waals surface area contributed by atoms with Crippen LogP contribution in [0.25, 0.3) is 22.2 Å². The minimum atomic E-state index is -5.65. The van der Waals surface area contributed by atoms with Gasteiger partial charge in [0.05, 0.1) is 34.9 Å². The molecule has 1 aromatic carbocycles. The number of fused-ring (bicyclic) bond motifs is 6. The zero-order valence-corrected chi connectivity index (χ0v) is 30.2. The number of nitrogens with zero attached hydrogens (tertiary/aromatic N) is 7. The standard InChI is InChI=1S/C36H37F7N8O4/c1-15-29-19-7-6-17(51(19)33(52)55-34(2,3)4)13-50(29)30-21-28(47-32(48-30)53-14-35-8-5-9-49(35)12-16(37)10-35)25(40)27(46-31(21)54-15)20-18(11-44)26(45)24(39)23(38)22(20)36(41,42)43/h15-17,19,29H,5-10,12-14,45H2,1-4H3/t15-,16+,17+,19-,29+,35-/m0/s1. The van der Waals surface area contributed by atoms with Gasteiger partial charge in [-0.2, -0.15) is 28.4 Å². The van der Waals surface area contributed by atoms with Crippen LogP contribution in [0.5, 0.6) is 11.9 Å². The fourth-order valence-electron chi connectivity index (χ4n) is 9.22. The van der Waals surface area contributed by atoms with Crippen molar-refractivity contribution in [3.8, 4) is 29.2 Å². The Hall–Kier alpha value is -4.86. The lowest BCUT2D eigenvalue weighted by atomic mass is 9.94. The summed E-state index contributed by atoms with van der Waals surface area (Å²) in [6.45, 7) is 7.76. The molecule has 0 aliphatic carbocycles. The Balaban J connectivity index is 1.33. The highest BCUT2D eigenvalue weighted by atomic mass is 19.4. The van der Waals surface area contributed by atoms with Crippen molar-refractivity contribution >= 4 is 28.5 Å². The first kappa shape index (κ1) is 37.1. The molecular formula is C36H37F7N8O4. The average molecular weight is 779 g/mol. The van der Waals surface area contributed by atoms with Crippen molar-refractivity contribution in [2.75, 3.05) is 36.9 Å². The van der Waals surface area contributed by atoms with E-state index in [4.69, 9.17) is 24.9 Å². The van der Waals surface area contributed by atoms with Crippen LogP contribution in [0, 0.1) is 28.8 Å². The van der Waals surface area contributed by atoms with E-state index in [9.17, 15) is 32.0 Å². The van der Waals surface area contributed by atoms with E-state index in [1.165, 1.54) is 6.07 Å². The second-order valence-corrected chi connectivity index (χ2v) is 15.9. The number of piperazine rings is 1. The van der Waals surface area contributed by atoms with Crippen molar-refractivity contribution in [3.05, 3.63) is 28.6 Å². The Kier molecular flexibility index (Phi) is 8.48. The summed E-state index contributed by atoms with van der Waals surface area (Å²) in [5.74, 6) is -6.56. The number of ether oxygens (including phenoxy) is 3. The Morgan fingerprint density at radius 1 is 1.09 bits per heavy atom. The van der Waals surface area contributed by atoms with Gasteiger partial charge in [-0.05, 0) is 59.9 Å². The molecule has 12 nitrogen and oxygen atoms in total. The summed E-state index contributed by atoms with van der Waals surface area (Å²) >= 11 is 0. The number of benzene rings is 1. The number of pyridine rings is 1. The molecule has 4 saturated heterocycles. The minimum absolute atomic E-state index is 0.0416. The molecule has 294 valence electrons. The van der Waals surface area contributed by atoms with Crippen LogP contribution in [0.1, 0.15) is 70.9 Å². The number of nitriles is 1. The Bertz CT molecular complexity index is 2160. The number of nitrogens with two attached hydrogens (primary N) is 1. The molecule has 0 spiro atoms. The second-order valence-electron chi connectivity index (χ2n) is 15.9. The first-order valence-electron chi connectivity index (χ1n) is 18.0. The lowest BCUT2D eigenvalue weighted by molar-refractivity contribution is -0.139. The number of amides is 1. The van der Waals surface area contributed by atoms with E-state index in [-0.39, 0.29) is 43.4 Å². The third kappa shape index (κ3) is 5.81. The molecule has 19 heteroatoms. The Labute approximate surface area is 310 Å². The van der Waals surface area contributed by atoms with Crippen molar-refractivity contribution in [2.45, 2.75) is 108 Å². The normalized spacial score (nSPS) is 27.4. The first-order valence-corrected chi connectivity index (χ1v) is 18.0. The summed E-state index contributed by atoms with van der Waals surface area (Å²) in [6.07, 6.45) is -5.54. The molecule has 0 saturated carbocycles. The van der Waals surface area contributed by atoms with Crippen LogP contribution in [0.15, 0.2) is 0 Å². The van der Waals surface area contributed by atoms with Gasteiger partial charge in [0.25, 0.3) is 0 Å². The van der Waals surface area contributed by atoms with Crippen LogP contribution in [0.3, 0.4) is 0 Å². The van der Waals surface area contributed by atoms with Gasteiger partial charge in [-0.25, -0.2) is 27.3 Å². The number of rotatable bonds is 4. The van der Waals surface area contributed by atoms with E-state index in [2.05, 4.69) is 9.97 Å². The van der Waals surface area contributed by atoms with Crippen LogP contribution in [-0.4, -0.2) is 98.6 Å². The summed E-state index contributed by atoms with van der Waals surface area (Å²) in [6, 6.07) is -0.661. The molecule has 2 aromatic heterocycles. The molecule has 8 rings (SSSR count). The van der Waals surface area contributed by atoms with E-state index in [0.717, 1.165) is 6.42 Å². The zero-order valence-electron chi connectivity index (χ0n) is 30.2. The molecule has 5 aliphatic rings. The van der Waals surface area contributed by atoms with Gasteiger partial charge < -0.3 is 24.8 Å². The fraction of sp³-hybridized carbons (Fsp3) is 0.583. The topological polar surface area (TPSA) is 143 Å². The predicted molar refractivity (Wildman–Crippen MR) is 181 cm³/mol. The minimum Gasteiger partial charge on any atom is -0.472 e. The number of carbonyl (C=O) groups is 1. The number of halogens is 7. The first-order chi connectivity index (χ1) is 25.8.